The maximum atomic E-state index is 14.4. The van der Waals surface area contributed by atoms with Gasteiger partial charge in [0.1, 0.15) is 5.60 Å². The highest BCUT2D eigenvalue weighted by atomic mass is 19.3. The van der Waals surface area contributed by atoms with Gasteiger partial charge in [0.2, 0.25) is 0 Å². The fourth-order valence-corrected chi connectivity index (χ4v) is 2.70. The first kappa shape index (κ1) is 14.8. The van der Waals surface area contributed by atoms with E-state index in [9.17, 15) is 13.6 Å². The molecule has 2 aromatic rings. The molecule has 22 heavy (non-hydrogen) atoms. The van der Waals surface area contributed by atoms with Crippen LogP contribution in [0, 0.1) is 0 Å². The SMILES string of the molecule is CC(C)(C)OC(=O)N1Cc2c([nH]c3ccccc23)C(F)(F)C1. The minimum absolute atomic E-state index is 0.103. The van der Waals surface area contributed by atoms with Crippen LogP contribution in [0.5, 0.6) is 0 Å². The molecular formula is C16H18F2N2O2. The Morgan fingerprint density at radius 2 is 2.00 bits per heavy atom. The zero-order valence-electron chi connectivity index (χ0n) is 12.7. The number of hydrogen-bond acceptors (Lipinski definition) is 2. The summed E-state index contributed by atoms with van der Waals surface area (Å²) in [4.78, 5) is 16.0. The number of aromatic amines is 1. The molecule has 1 aliphatic heterocycles. The first-order valence-electron chi connectivity index (χ1n) is 7.13. The van der Waals surface area contributed by atoms with Crippen LogP contribution in [0.15, 0.2) is 24.3 Å². The number of para-hydroxylation sites is 1. The van der Waals surface area contributed by atoms with Gasteiger partial charge in [-0.05, 0) is 26.8 Å². The summed E-state index contributed by atoms with van der Waals surface area (Å²) in [5.41, 5.74) is 0.289. The molecule has 0 fully saturated rings. The van der Waals surface area contributed by atoms with E-state index < -0.39 is 24.2 Å². The molecule has 1 aromatic carbocycles. The summed E-state index contributed by atoms with van der Waals surface area (Å²) in [6, 6.07) is 7.11. The molecule has 1 N–H and O–H groups in total. The van der Waals surface area contributed by atoms with Gasteiger partial charge in [0, 0.05) is 16.5 Å². The van der Waals surface area contributed by atoms with Gasteiger partial charge in [-0.3, -0.25) is 4.90 Å². The fraction of sp³-hybridized carbons (Fsp3) is 0.438. The summed E-state index contributed by atoms with van der Waals surface area (Å²) in [6.45, 7) is 4.57. The van der Waals surface area contributed by atoms with E-state index in [1.54, 1.807) is 45.0 Å². The Morgan fingerprint density at radius 1 is 1.32 bits per heavy atom. The number of nitrogens with one attached hydrogen (secondary N) is 1. The standard InChI is InChI=1S/C16H18F2N2O2/c1-15(2,3)22-14(21)20-8-11-10-6-4-5-7-12(10)19-13(11)16(17,18)9-20/h4-7,19H,8-9H2,1-3H3. The van der Waals surface area contributed by atoms with Crippen molar-refractivity contribution in [2.75, 3.05) is 6.54 Å². The van der Waals surface area contributed by atoms with E-state index in [1.165, 1.54) is 0 Å². The molecule has 1 amide bonds. The number of rotatable bonds is 0. The Balaban J connectivity index is 2.00. The maximum Gasteiger partial charge on any atom is 0.410 e. The molecule has 2 heterocycles. The van der Waals surface area contributed by atoms with Crippen molar-refractivity contribution in [3.8, 4) is 0 Å². The molecule has 118 valence electrons. The molecule has 0 bridgehead atoms. The number of benzene rings is 1. The van der Waals surface area contributed by atoms with Crippen molar-refractivity contribution in [1.29, 1.82) is 0 Å². The number of ether oxygens (including phenoxy) is 1. The Hall–Kier alpha value is -2.11. The Morgan fingerprint density at radius 3 is 2.68 bits per heavy atom. The van der Waals surface area contributed by atoms with Gasteiger partial charge in [-0.15, -0.1) is 0 Å². The quantitative estimate of drug-likeness (QED) is 0.799. The van der Waals surface area contributed by atoms with Crippen molar-refractivity contribution in [3.63, 3.8) is 0 Å². The normalized spacial score (nSPS) is 17.4. The third kappa shape index (κ3) is 2.53. The first-order valence-corrected chi connectivity index (χ1v) is 7.13. The van der Waals surface area contributed by atoms with Gasteiger partial charge in [0.25, 0.3) is 0 Å². The van der Waals surface area contributed by atoms with Crippen molar-refractivity contribution in [1.82, 2.24) is 9.88 Å². The summed E-state index contributed by atoms with van der Waals surface area (Å²) >= 11 is 0. The van der Waals surface area contributed by atoms with Crippen molar-refractivity contribution < 1.29 is 18.3 Å². The Labute approximate surface area is 127 Å². The van der Waals surface area contributed by atoms with Crippen molar-refractivity contribution in [2.45, 2.75) is 38.8 Å². The number of hydrogen-bond donors (Lipinski definition) is 1. The third-order valence-electron chi connectivity index (χ3n) is 3.57. The van der Waals surface area contributed by atoms with Gasteiger partial charge in [-0.1, -0.05) is 18.2 Å². The van der Waals surface area contributed by atoms with Gasteiger partial charge in [0.15, 0.2) is 0 Å². The molecule has 0 saturated carbocycles. The molecule has 0 spiro atoms. The zero-order valence-corrected chi connectivity index (χ0v) is 12.7. The van der Waals surface area contributed by atoms with E-state index in [-0.39, 0.29) is 12.2 Å². The molecule has 3 rings (SSSR count). The number of fused-ring (bicyclic) bond motifs is 3. The van der Waals surface area contributed by atoms with E-state index in [0.29, 0.717) is 16.5 Å². The van der Waals surface area contributed by atoms with E-state index >= 15 is 0 Å². The molecular weight excluding hydrogens is 290 g/mol. The number of H-pyrrole nitrogens is 1. The lowest BCUT2D eigenvalue weighted by Crippen LogP contribution is -2.45. The van der Waals surface area contributed by atoms with Crippen LogP contribution in [0.3, 0.4) is 0 Å². The lowest BCUT2D eigenvalue weighted by Gasteiger charge is -2.34. The van der Waals surface area contributed by atoms with Gasteiger partial charge in [-0.2, -0.15) is 8.78 Å². The predicted octanol–water partition coefficient (Wildman–Crippen LogP) is 4.01. The second-order valence-corrected chi connectivity index (χ2v) is 6.56. The topological polar surface area (TPSA) is 45.3 Å². The van der Waals surface area contributed by atoms with Crippen LogP contribution in [0.4, 0.5) is 13.6 Å². The number of alkyl halides is 2. The highest BCUT2D eigenvalue weighted by Crippen LogP contribution is 2.40. The van der Waals surface area contributed by atoms with Crippen LogP contribution < -0.4 is 0 Å². The molecule has 0 saturated heterocycles. The van der Waals surface area contributed by atoms with Gasteiger partial charge < -0.3 is 9.72 Å². The predicted molar refractivity (Wildman–Crippen MR) is 78.8 cm³/mol. The minimum Gasteiger partial charge on any atom is -0.444 e. The van der Waals surface area contributed by atoms with Crippen LogP contribution in [-0.4, -0.2) is 28.1 Å². The minimum atomic E-state index is -3.12. The van der Waals surface area contributed by atoms with Crippen molar-refractivity contribution in [2.24, 2.45) is 0 Å². The van der Waals surface area contributed by atoms with E-state index in [0.717, 1.165) is 4.90 Å². The number of amides is 1. The number of aromatic nitrogens is 1. The lowest BCUT2D eigenvalue weighted by molar-refractivity contribution is -0.0614. The molecule has 1 aliphatic rings. The molecule has 0 radical (unpaired) electrons. The third-order valence-corrected chi connectivity index (χ3v) is 3.57. The average molecular weight is 308 g/mol. The van der Waals surface area contributed by atoms with Gasteiger partial charge in [-0.25, -0.2) is 4.79 Å². The average Bonchev–Trinajstić information content (AvgIpc) is 2.76. The number of halogens is 2. The molecule has 6 heteroatoms. The first-order chi connectivity index (χ1) is 10.2. The summed E-state index contributed by atoms with van der Waals surface area (Å²) in [5, 5.41) is 0.713. The van der Waals surface area contributed by atoms with Gasteiger partial charge >= 0.3 is 12.0 Å². The highest BCUT2D eigenvalue weighted by molar-refractivity contribution is 5.85. The maximum absolute atomic E-state index is 14.4. The van der Waals surface area contributed by atoms with Crippen LogP contribution in [0.2, 0.25) is 0 Å². The Bertz CT molecular complexity index is 731. The van der Waals surface area contributed by atoms with Crippen LogP contribution in [0.25, 0.3) is 10.9 Å². The number of nitrogens with zero attached hydrogens (tertiary/aromatic N) is 1. The summed E-state index contributed by atoms with van der Waals surface area (Å²) in [6.07, 6.45) is -0.719. The zero-order chi connectivity index (χ0) is 16.1. The lowest BCUT2D eigenvalue weighted by atomic mass is 10.0. The van der Waals surface area contributed by atoms with Gasteiger partial charge in [0.05, 0.1) is 18.8 Å². The summed E-state index contributed by atoms with van der Waals surface area (Å²) in [5.74, 6) is -3.12. The molecule has 0 aliphatic carbocycles. The molecule has 0 unspecified atom stereocenters. The molecule has 4 nitrogen and oxygen atoms in total. The summed E-state index contributed by atoms with van der Waals surface area (Å²) in [7, 11) is 0. The number of carbonyl (C=O) groups is 1. The highest BCUT2D eigenvalue weighted by Gasteiger charge is 2.45. The second-order valence-electron chi connectivity index (χ2n) is 6.56. The van der Waals surface area contributed by atoms with Crippen molar-refractivity contribution in [3.05, 3.63) is 35.5 Å². The monoisotopic (exact) mass is 308 g/mol. The van der Waals surface area contributed by atoms with E-state index in [2.05, 4.69) is 4.98 Å². The largest absolute Gasteiger partial charge is 0.444 e. The smallest absolute Gasteiger partial charge is 0.410 e. The van der Waals surface area contributed by atoms with E-state index in [1.807, 2.05) is 0 Å². The molecule has 0 atom stereocenters. The second kappa shape index (κ2) is 4.69. The number of carbonyl (C=O) groups excluding carboxylic acids is 1. The fourth-order valence-electron chi connectivity index (χ4n) is 2.70. The van der Waals surface area contributed by atoms with Crippen LogP contribution in [-0.2, 0) is 17.2 Å². The van der Waals surface area contributed by atoms with Crippen LogP contribution >= 0.6 is 0 Å². The van der Waals surface area contributed by atoms with Crippen molar-refractivity contribution >= 4 is 17.0 Å². The van der Waals surface area contributed by atoms with E-state index in [4.69, 9.17) is 4.74 Å². The van der Waals surface area contributed by atoms with Crippen LogP contribution in [0.1, 0.15) is 32.0 Å². The molecule has 1 aromatic heterocycles. The summed E-state index contributed by atoms with van der Waals surface area (Å²) < 4.78 is 34.0. The Kier molecular flexibility index (Phi) is 3.16.